The number of hydrogen-bond donors (Lipinski definition) is 1. The van der Waals surface area contributed by atoms with E-state index in [9.17, 15) is 4.39 Å². The third kappa shape index (κ3) is 5.83. The second-order valence-electron chi connectivity index (χ2n) is 6.03. The molecular weight excluding hydrogens is 402 g/mol. The van der Waals surface area contributed by atoms with Crippen LogP contribution in [-0.2, 0) is 19.7 Å². The Morgan fingerprint density at radius 1 is 1.04 bits per heavy atom. The highest BCUT2D eigenvalue weighted by atomic mass is 35.5. The fraction of sp³-hybridized carbons (Fsp3) is 0.190. The number of quaternary nitrogens is 1. The van der Waals surface area contributed by atoms with Crippen molar-refractivity contribution in [3.63, 3.8) is 0 Å². The maximum atomic E-state index is 13.9. The number of rotatable bonds is 8. The molecule has 2 aromatic carbocycles. The maximum Gasteiger partial charge on any atom is 0.161 e. The van der Waals surface area contributed by atoms with E-state index in [0.29, 0.717) is 22.1 Å². The summed E-state index contributed by atoms with van der Waals surface area (Å²) < 4.78 is 25.0. The summed E-state index contributed by atoms with van der Waals surface area (Å²) in [7, 11) is 1.58. The van der Waals surface area contributed by atoms with Gasteiger partial charge in [-0.25, -0.2) is 4.39 Å². The summed E-state index contributed by atoms with van der Waals surface area (Å²) in [5.74, 6) is 0.769. The normalized spacial score (nSPS) is 10.2. The number of nitrogens with zero attached hydrogens (tertiary/aromatic N) is 1. The van der Waals surface area contributed by atoms with Gasteiger partial charge in [-0.2, -0.15) is 0 Å². The Balaban J connectivity index is 0.00000280. The van der Waals surface area contributed by atoms with Crippen molar-refractivity contribution in [2.24, 2.45) is 0 Å². The van der Waals surface area contributed by atoms with Gasteiger partial charge in [-0.15, -0.1) is 0 Å². The molecule has 0 aliphatic heterocycles. The van der Waals surface area contributed by atoms with Crippen LogP contribution in [0, 0.1) is 5.82 Å². The predicted octanol–water partition coefficient (Wildman–Crippen LogP) is 0.729. The first kappa shape index (κ1) is 22.0. The first-order valence-electron chi connectivity index (χ1n) is 8.60. The lowest BCUT2D eigenvalue weighted by Crippen LogP contribution is -3.00. The summed E-state index contributed by atoms with van der Waals surface area (Å²) in [4.78, 5) is 4.11. The van der Waals surface area contributed by atoms with Gasteiger partial charge in [-0.1, -0.05) is 23.7 Å². The average Bonchev–Trinajstić information content (AvgIpc) is 2.69. The van der Waals surface area contributed by atoms with Gasteiger partial charge >= 0.3 is 0 Å². The van der Waals surface area contributed by atoms with Crippen molar-refractivity contribution in [3.8, 4) is 11.5 Å². The topological polar surface area (TPSA) is 48.0 Å². The van der Waals surface area contributed by atoms with E-state index in [0.717, 1.165) is 18.7 Å². The van der Waals surface area contributed by atoms with Crippen LogP contribution in [0.2, 0.25) is 5.02 Å². The molecule has 1 aromatic heterocycles. The highest BCUT2D eigenvalue weighted by Crippen LogP contribution is 2.30. The van der Waals surface area contributed by atoms with Crippen LogP contribution in [-0.4, -0.2) is 12.1 Å². The van der Waals surface area contributed by atoms with Gasteiger partial charge < -0.3 is 27.2 Å². The van der Waals surface area contributed by atoms with Gasteiger partial charge in [0.25, 0.3) is 0 Å². The van der Waals surface area contributed by atoms with E-state index < -0.39 is 0 Å². The minimum atomic E-state index is -0.386. The van der Waals surface area contributed by atoms with E-state index in [1.54, 1.807) is 25.4 Å². The van der Waals surface area contributed by atoms with Crippen LogP contribution >= 0.6 is 11.6 Å². The minimum absolute atomic E-state index is 0. The summed E-state index contributed by atoms with van der Waals surface area (Å²) in [6.45, 7) is 1.68. The van der Waals surface area contributed by atoms with Crippen molar-refractivity contribution >= 4 is 11.6 Å². The van der Waals surface area contributed by atoms with Gasteiger partial charge in [0.2, 0.25) is 0 Å². The van der Waals surface area contributed by atoms with Crippen LogP contribution in [0.3, 0.4) is 0 Å². The molecule has 1 heterocycles. The summed E-state index contributed by atoms with van der Waals surface area (Å²) >= 11 is 6.04. The third-order valence-electron chi connectivity index (χ3n) is 4.14. The molecule has 4 nitrogen and oxygen atoms in total. The van der Waals surface area contributed by atoms with Crippen LogP contribution in [0.15, 0.2) is 60.9 Å². The van der Waals surface area contributed by atoms with Crippen LogP contribution in [0.25, 0.3) is 0 Å². The number of halogens is 3. The van der Waals surface area contributed by atoms with Crippen molar-refractivity contribution in [3.05, 3.63) is 88.5 Å². The van der Waals surface area contributed by atoms with Crippen molar-refractivity contribution in [1.82, 2.24) is 4.98 Å². The Morgan fingerprint density at radius 2 is 1.86 bits per heavy atom. The molecule has 0 atom stereocenters. The zero-order valence-corrected chi connectivity index (χ0v) is 16.9. The first-order valence-corrected chi connectivity index (χ1v) is 8.98. The number of benzene rings is 2. The molecule has 0 amide bonds. The van der Waals surface area contributed by atoms with Crippen molar-refractivity contribution in [2.75, 3.05) is 7.11 Å². The maximum absolute atomic E-state index is 13.9. The van der Waals surface area contributed by atoms with Crippen molar-refractivity contribution < 1.29 is 31.6 Å². The second-order valence-corrected chi connectivity index (χ2v) is 6.44. The first-order chi connectivity index (χ1) is 13.2. The average molecular weight is 423 g/mol. The molecule has 0 aliphatic carbocycles. The van der Waals surface area contributed by atoms with Gasteiger partial charge in [0.15, 0.2) is 11.5 Å². The zero-order chi connectivity index (χ0) is 19.1. The Morgan fingerprint density at radius 3 is 2.57 bits per heavy atom. The summed E-state index contributed by atoms with van der Waals surface area (Å²) in [5.41, 5.74) is 2.60. The molecule has 3 aromatic rings. The molecule has 28 heavy (non-hydrogen) atoms. The Labute approximate surface area is 175 Å². The highest BCUT2D eigenvalue weighted by molar-refractivity contribution is 6.31. The third-order valence-corrected chi connectivity index (χ3v) is 4.50. The van der Waals surface area contributed by atoms with Gasteiger partial charge in [0.05, 0.1) is 12.1 Å². The monoisotopic (exact) mass is 422 g/mol. The van der Waals surface area contributed by atoms with Crippen LogP contribution in [0.4, 0.5) is 4.39 Å². The number of ether oxygens (including phenoxy) is 2. The molecule has 0 radical (unpaired) electrons. The quantitative estimate of drug-likeness (QED) is 0.582. The lowest BCUT2D eigenvalue weighted by atomic mass is 10.2. The Hall–Kier alpha value is -2.34. The highest BCUT2D eigenvalue weighted by Gasteiger charge is 2.11. The fourth-order valence-corrected chi connectivity index (χ4v) is 2.92. The molecule has 0 spiro atoms. The number of aromatic nitrogens is 1. The minimum Gasteiger partial charge on any atom is -1.00 e. The molecule has 0 unspecified atom stereocenters. The molecule has 2 N–H and O–H groups in total. The Kier molecular flexibility index (Phi) is 8.51. The van der Waals surface area contributed by atoms with E-state index >= 15 is 0 Å². The van der Waals surface area contributed by atoms with Gasteiger partial charge in [0, 0.05) is 29.1 Å². The molecule has 7 heteroatoms. The van der Waals surface area contributed by atoms with E-state index in [4.69, 9.17) is 21.1 Å². The lowest BCUT2D eigenvalue weighted by molar-refractivity contribution is -0.686. The summed E-state index contributed by atoms with van der Waals surface area (Å²) in [6.07, 6.45) is 3.63. The zero-order valence-electron chi connectivity index (χ0n) is 15.4. The molecule has 3 rings (SSSR count). The number of methoxy groups -OCH3 is 1. The van der Waals surface area contributed by atoms with Crippen LogP contribution in [0.5, 0.6) is 11.5 Å². The lowest BCUT2D eigenvalue weighted by Gasteiger charge is -2.13. The number of nitrogens with two attached hydrogens (primary N) is 1. The molecule has 0 fully saturated rings. The summed E-state index contributed by atoms with van der Waals surface area (Å²) in [5, 5.41) is 2.53. The van der Waals surface area contributed by atoms with Crippen molar-refractivity contribution in [2.45, 2.75) is 19.7 Å². The Bertz CT molecular complexity index is 875. The van der Waals surface area contributed by atoms with Gasteiger partial charge in [0.1, 0.15) is 25.5 Å². The van der Waals surface area contributed by atoms with E-state index in [1.165, 1.54) is 11.6 Å². The number of hydrogen-bond acceptors (Lipinski definition) is 3. The molecule has 0 bridgehead atoms. The largest absolute Gasteiger partial charge is 1.00 e. The standard InChI is InChI=1S/C21H20ClFN2O2.ClH/c1-26-21-10-15(11-25-13-16-4-3-9-24-12-16)7-8-20(21)27-14-17-18(22)5-2-6-19(17)23;/h2-10,12,25H,11,13-14H2,1H3;1H. The van der Waals surface area contributed by atoms with E-state index in [1.807, 2.05) is 30.5 Å². The van der Waals surface area contributed by atoms with Crippen LogP contribution in [0.1, 0.15) is 16.7 Å². The number of pyridine rings is 1. The van der Waals surface area contributed by atoms with Crippen molar-refractivity contribution in [1.29, 1.82) is 0 Å². The second kappa shape index (κ2) is 10.9. The molecule has 0 saturated heterocycles. The molecule has 0 saturated carbocycles. The fourth-order valence-electron chi connectivity index (χ4n) is 2.70. The van der Waals surface area contributed by atoms with E-state index in [-0.39, 0.29) is 24.8 Å². The van der Waals surface area contributed by atoms with Crippen LogP contribution < -0.4 is 27.2 Å². The smallest absolute Gasteiger partial charge is 0.161 e. The molecule has 0 aliphatic rings. The summed E-state index contributed by atoms with van der Waals surface area (Å²) in [6, 6.07) is 14.3. The van der Waals surface area contributed by atoms with E-state index in [2.05, 4.69) is 16.4 Å². The van der Waals surface area contributed by atoms with Gasteiger partial charge in [-0.05, 0) is 36.4 Å². The van der Waals surface area contributed by atoms with Gasteiger partial charge in [-0.3, -0.25) is 4.98 Å². The SMILES string of the molecule is COc1cc(C[NH2+]Cc2cccnc2)ccc1OCc1c(F)cccc1Cl.[Cl-]. The molecular formula is C21H21Cl2FN2O2. The predicted molar refractivity (Wildman–Crippen MR) is 102 cm³/mol. The molecule has 148 valence electrons.